The number of nitrogens with zero attached hydrogens (tertiary/aromatic N) is 4. The second kappa shape index (κ2) is 5.40. The monoisotopic (exact) mass is 279 g/mol. The molecule has 0 aliphatic rings. The van der Waals surface area contributed by atoms with E-state index in [2.05, 4.69) is 20.7 Å². The van der Waals surface area contributed by atoms with Crippen LogP contribution in [0, 0.1) is 0 Å². The zero-order valence-corrected chi connectivity index (χ0v) is 10.6. The molecule has 0 aromatic carbocycles. The number of rotatable bonds is 4. The molecule has 1 amide bonds. The Hall–Kier alpha value is -2.55. The molecule has 8 nitrogen and oxygen atoms in total. The molecule has 0 bridgehead atoms. The molecule has 19 heavy (non-hydrogen) atoms. The van der Waals surface area contributed by atoms with Gasteiger partial charge in [-0.05, 0) is 28.3 Å². The van der Waals surface area contributed by atoms with E-state index in [1.165, 1.54) is 22.2 Å². The summed E-state index contributed by atoms with van der Waals surface area (Å²) in [4.78, 5) is 24.0. The Morgan fingerprint density at radius 2 is 2.32 bits per heavy atom. The summed E-state index contributed by atoms with van der Waals surface area (Å²) in [5, 5.41) is 23.8. The fraction of sp³-hybridized carbons (Fsp3) is 0.100. The van der Waals surface area contributed by atoms with Gasteiger partial charge in [0.1, 0.15) is 0 Å². The van der Waals surface area contributed by atoms with Gasteiger partial charge in [-0.25, -0.2) is 4.79 Å². The summed E-state index contributed by atoms with van der Waals surface area (Å²) in [5.74, 6) is -1.39. The van der Waals surface area contributed by atoms with Gasteiger partial charge in [0.2, 0.25) is 0 Å². The van der Waals surface area contributed by atoms with Crippen molar-refractivity contribution in [1.29, 1.82) is 0 Å². The van der Waals surface area contributed by atoms with Crippen LogP contribution in [-0.2, 0) is 11.8 Å². The summed E-state index contributed by atoms with van der Waals surface area (Å²) in [6.07, 6.45) is 2.33. The lowest BCUT2D eigenvalue weighted by Crippen LogP contribution is -2.12. The van der Waals surface area contributed by atoms with Crippen LogP contribution in [0.25, 0.3) is 6.08 Å². The van der Waals surface area contributed by atoms with Gasteiger partial charge in [-0.2, -0.15) is 4.80 Å². The number of aliphatic carboxylic acids is 1. The number of hydrogen-bond acceptors (Lipinski definition) is 6. The van der Waals surface area contributed by atoms with E-state index in [0.717, 1.165) is 6.08 Å². The number of aromatic nitrogens is 4. The largest absolute Gasteiger partial charge is 0.478 e. The van der Waals surface area contributed by atoms with Crippen molar-refractivity contribution in [2.24, 2.45) is 7.05 Å². The number of nitrogens with one attached hydrogen (secondary N) is 1. The standard InChI is InChI=1S/C10H9N5O3S/c1-15-13-10(12-14-15)11-9(18)8-6(4-5-19-8)2-3-7(16)17/h2-5H,1H3,(H,16,17)(H,11,13,18)/b3-2+. The molecule has 2 aromatic rings. The normalized spacial score (nSPS) is 10.8. The molecule has 2 N–H and O–H groups in total. The van der Waals surface area contributed by atoms with Crippen molar-refractivity contribution in [3.63, 3.8) is 0 Å². The van der Waals surface area contributed by atoms with Crippen LogP contribution in [0.5, 0.6) is 0 Å². The number of carboxylic acids is 1. The van der Waals surface area contributed by atoms with Crippen molar-refractivity contribution in [3.05, 3.63) is 28.0 Å². The van der Waals surface area contributed by atoms with Crippen LogP contribution < -0.4 is 5.32 Å². The Bertz CT molecular complexity index is 645. The van der Waals surface area contributed by atoms with Crippen LogP contribution >= 0.6 is 11.3 Å². The average Bonchev–Trinajstić information content (AvgIpc) is 2.95. The Labute approximate surface area is 111 Å². The molecular weight excluding hydrogens is 270 g/mol. The molecule has 0 saturated carbocycles. The summed E-state index contributed by atoms with van der Waals surface area (Å²) < 4.78 is 0. The molecule has 0 saturated heterocycles. The van der Waals surface area contributed by atoms with E-state index in [0.29, 0.717) is 10.4 Å². The summed E-state index contributed by atoms with van der Waals surface area (Å²) in [7, 11) is 1.58. The molecule has 0 aliphatic carbocycles. The molecular formula is C10H9N5O3S. The van der Waals surface area contributed by atoms with Crippen LogP contribution in [0.3, 0.4) is 0 Å². The number of tetrazole rings is 1. The number of hydrogen-bond donors (Lipinski definition) is 2. The Balaban J connectivity index is 2.15. The third-order valence-electron chi connectivity index (χ3n) is 2.04. The lowest BCUT2D eigenvalue weighted by atomic mass is 10.2. The van der Waals surface area contributed by atoms with Crippen LogP contribution in [0.2, 0.25) is 0 Å². The van der Waals surface area contributed by atoms with Gasteiger partial charge < -0.3 is 5.11 Å². The maximum absolute atomic E-state index is 12.0. The fourth-order valence-electron chi connectivity index (χ4n) is 1.29. The number of thiophene rings is 1. The van der Waals surface area contributed by atoms with Gasteiger partial charge in [-0.15, -0.1) is 16.4 Å². The number of carboxylic acid groups (broad SMARTS) is 1. The number of carbonyl (C=O) groups is 2. The molecule has 98 valence electrons. The van der Waals surface area contributed by atoms with E-state index >= 15 is 0 Å². The van der Waals surface area contributed by atoms with E-state index in [9.17, 15) is 9.59 Å². The van der Waals surface area contributed by atoms with Crippen molar-refractivity contribution < 1.29 is 14.7 Å². The van der Waals surface area contributed by atoms with Crippen LogP contribution in [0.15, 0.2) is 17.5 Å². The highest BCUT2D eigenvalue weighted by Crippen LogP contribution is 2.19. The predicted octanol–water partition coefficient (Wildman–Crippen LogP) is 0.622. The fourth-order valence-corrected chi connectivity index (χ4v) is 2.07. The summed E-state index contributed by atoms with van der Waals surface area (Å²) in [6, 6.07) is 1.66. The third kappa shape index (κ3) is 3.22. The highest BCUT2D eigenvalue weighted by molar-refractivity contribution is 7.12. The highest BCUT2D eigenvalue weighted by Gasteiger charge is 2.14. The van der Waals surface area contributed by atoms with E-state index in [1.807, 2.05) is 0 Å². The Kier molecular flexibility index (Phi) is 3.66. The quantitative estimate of drug-likeness (QED) is 0.794. The second-order valence-electron chi connectivity index (χ2n) is 3.43. The number of aryl methyl sites for hydroxylation is 1. The summed E-state index contributed by atoms with van der Waals surface area (Å²) >= 11 is 1.20. The molecule has 2 heterocycles. The van der Waals surface area contributed by atoms with Gasteiger partial charge in [0.15, 0.2) is 0 Å². The second-order valence-corrected chi connectivity index (χ2v) is 4.35. The van der Waals surface area contributed by atoms with Gasteiger partial charge in [-0.3, -0.25) is 10.1 Å². The van der Waals surface area contributed by atoms with Crippen molar-refractivity contribution in [3.8, 4) is 0 Å². The maximum atomic E-state index is 12.0. The van der Waals surface area contributed by atoms with Gasteiger partial charge in [0, 0.05) is 6.08 Å². The molecule has 0 unspecified atom stereocenters. The van der Waals surface area contributed by atoms with E-state index in [1.54, 1.807) is 18.5 Å². The SMILES string of the molecule is Cn1nnc(NC(=O)c2sccc2/C=C/C(=O)O)n1. The predicted molar refractivity (Wildman–Crippen MR) is 67.7 cm³/mol. The molecule has 0 aliphatic heterocycles. The summed E-state index contributed by atoms with van der Waals surface area (Å²) in [5.41, 5.74) is 0.522. The van der Waals surface area contributed by atoms with Crippen molar-refractivity contribution >= 4 is 35.2 Å². The minimum absolute atomic E-state index is 0.0917. The zero-order valence-electron chi connectivity index (χ0n) is 9.77. The lowest BCUT2D eigenvalue weighted by Gasteiger charge is -1.98. The van der Waals surface area contributed by atoms with Crippen molar-refractivity contribution in [2.75, 3.05) is 5.32 Å². The van der Waals surface area contributed by atoms with Gasteiger partial charge in [0.25, 0.3) is 11.9 Å². The summed E-state index contributed by atoms with van der Waals surface area (Å²) in [6.45, 7) is 0. The van der Waals surface area contributed by atoms with Crippen LogP contribution in [0.4, 0.5) is 5.95 Å². The zero-order chi connectivity index (χ0) is 13.8. The van der Waals surface area contributed by atoms with Crippen molar-refractivity contribution in [1.82, 2.24) is 20.2 Å². The molecule has 0 spiro atoms. The van der Waals surface area contributed by atoms with Crippen molar-refractivity contribution in [2.45, 2.75) is 0 Å². The minimum atomic E-state index is -1.08. The van der Waals surface area contributed by atoms with E-state index < -0.39 is 11.9 Å². The van der Waals surface area contributed by atoms with Crippen LogP contribution in [-0.4, -0.2) is 37.2 Å². The molecule has 2 rings (SSSR count). The maximum Gasteiger partial charge on any atom is 0.328 e. The number of anilines is 1. The van der Waals surface area contributed by atoms with Gasteiger partial charge in [0.05, 0.1) is 11.9 Å². The number of carbonyl (C=O) groups excluding carboxylic acids is 1. The third-order valence-corrected chi connectivity index (χ3v) is 2.97. The first-order chi connectivity index (χ1) is 9.06. The minimum Gasteiger partial charge on any atom is -0.478 e. The van der Waals surface area contributed by atoms with Crippen LogP contribution in [0.1, 0.15) is 15.2 Å². The lowest BCUT2D eigenvalue weighted by molar-refractivity contribution is -0.131. The molecule has 2 aromatic heterocycles. The Morgan fingerprint density at radius 3 is 2.95 bits per heavy atom. The smallest absolute Gasteiger partial charge is 0.328 e. The first-order valence-corrected chi connectivity index (χ1v) is 5.98. The highest BCUT2D eigenvalue weighted by atomic mass is 32.1. The first kappa shape index (κ1) is 12.9. The number of amides is 1. The topological polar surface area (TPSA) is 110 Å². The molecule has 0 fully saturated rings. The van der Waals surface area contributed by atoms with Gasteiger partial charge >= 0.3 is 5.97 Å². The molecule has 9 heteroatoms. The van der Waals surface area contributed by atoms with Gasteiger partial charge in [-0.1, -0.05) is 5.10 Å². The van der Waals surface area contributed by atoms with E-state index in [4.69, 9.17) is 5.11 Å². The molecule has 0 atom stereocenters. The van der Waals surface area contributed by atoms with E-state index in [-0.39, 0.29) is 5.95 Å². The average molecular weight is 279 g/mol. The Morgan fingerprint density at radius 1 is 1.53 bits per heavy atom. The first-order valence-electron chi connectivity index (χ1n) is 5.10. The molecule has 0 radical (unpaired) electrons.